The fourth-order valence-corrected chi connectivity index (χ4v) is 1.14. The lowest BCUT2D eigenvalue weighted by Crippen LogP contribution is -2.18. The SMILES string of the molecule is C#CCN(C)c1ccncc1CO. The standard InChI is InChI=1S/C10H12N2O/c1-3-6-12(2)10-4-5-11-7-9(10)8-13/h1,4-5,7,13H,6,8H2,2H3. The van der Waals surface area contributed by atoms with Crippen molar-refractivity contribution < 1.29 is 5.11 Å². The first-order valence-electron chi connectivity index (χ1n) is 3.98. The summed E-state index contributed by atoms with van der Waals surface area (Å²) in [7, 11) is 1.88. The minimum Gasteiger partial charge on any atom is -0.392 e. The Kier molecular flexibility index (Phi) is 3.30. The van der Waals surface area contributed by atoms with Gasteiger partial charge in [0.25, 0.3) is 0 Å². The quantitative estimate of drug-likeness (QED) is 0.687. The molecule has 3 nitrogen and oxygen atoms in total. The van der Waals surface area contributed by atoms with Crippen LogP contribution in [0, 0.1) is 12.3 Å². The molecule has 0 aliphatic carbocycles. The minimum absolute atomic E-state index is 0.0158. The van der Waals surface area contributed by atoms with Crippen LogP contribution in [0.3, 0.4) is 0 Å². The Bertz CT molecular complexity index is 317. The Morgan fingerprint density at radius 1 is 1.69 bits per heavy atom. The van der Waals surface area contributed by atoms with Crippen LogP contribution in [0.25, 0.3) is 0 Å². The summed E-state index contributed by atoms with van der Waals surface area (Å²) in [5, 5.41) is 9.02. The summed E-state index contributed by atoms with van der Waals surface area (Å²) < 4.78 is 0. The van der Waals surface area contributed by atoms with E-state index in [0.29, 0.717) is 6.54 Å². The highest BCUT2D eigenvalue weighted by Gasteiger charge is 2.04. The number of anilines is 1. The van der Waals surface area contributed by atoms with Crippen LogP contribution in [0.1, 0.15) is 5.56 Å². The zero-order chi connectivity index (χ0) is 9.68. The monoisotopic (exact) mass is 176 g/mol. The van der Waals surface area contributed by atoms with E-state index in [0.717, 1.165) is 11.3 Å². The highest BCUT2D eigenvalue weighted by Crippen LogP contribution is 2.16. The van der Waals surface area contributed by atoms with Crippen molar-refractivity contribution in [2.75, 3.05) is 18.5 Å². The highest BCUT2D eigenvalue weighted by atomic mass is 16.3. The van der Waals surface area contributed by atoms with Gasteiger partial charge >= 0.3 is 0 Å². The molecule has 0 fully saturated rings. The minimum atomic E-state index is -0.0158. The van der Waals surface area contributed by atoms with Gasteiger partial charge in [-0.3, -0.25) is 4.98 Å². The lowest BCUT2D eigenvalue weighted by atomic mass is 10.2. The number of hydrogen-bond donors (Lipinski definition) is 1. The third-order valence-electron chi connectivity index (χ3n) is 1.79. The van der Waals surface area contributed by atoms with E-state index >= 15 is 0 Å². The average Bonchev–Trinajstić information content (AvgIpc) is 2.18. The van der Waals surface area contributed by atoms with E-state index in [2.05, 4.69) is 10.9 Å². The zero-order valence-corrected chi connectivity index (χ0v) is 7.57. The molecule has 0 spiro atoms. The topological polar surface area (TPSA) is 36.4 Å². The zero-order valence-electron chi connectivity index (χ0n) is 7.57. The van der Waals surface area contributed by atoms with Crippen LogP contribution in [0.15, 0.2) is 18.5 Å². The van der Waals surface area contributed by atoms with Crippen LogP contribution in [0.5, 0.6) is 0 Å². The second-order valence-electron chi connectivity index (χ2n) is 2.72. The van der Waals surface area contributed by atoms with E-state index in [-0.39, 0.29) is 6.61 Å². The first-order valence-corrected chi connectivity index (χ1v) is 3.98. The normalized spacial score (nSPS) is 9.31. The average molecular weight is 176 g/mol. The Balaban J connectivity index is 2.93. The molecule has 3 heteroatoms. The van der Waals surface area contributed by atoms with Gasteiger partial charge in [-0.1, -0.05) is 5.92 Å². The molecule has 1 aromatic heterocycles. The van der Waals surface area contributed by atoms with Crippen molar-refractivity contribution >= 4 is 5.69 Å². The van der Waals surface area contributed by atoms with Gasteiger partial charge in [0.2, 0.25) is 0 Å². The molecule has 0 aliphatic rings. The molecule has 0 aromatic carbocycles. The first kappa shape index (κ1) is 9.56. The fraction of sp³-hybridized carbons (Fsp3) is 0.300. The maximum atomic E-state index is 9.02. The van der Waals surface area contributed by atoms with E-state index in [1.807, 2.05) is 18.0 Å². The molecule has 1 heterocycles. The van der Waals surface area contributed by atoms with Crippen LogP contribution in [-0.2, 0) is 6.61 Å². The van der Waals surface area contributed by atoms with Crippen molar-refractivity contribution in [2.45, 2.75) is 6.61 Å². The van der Waals surface area contributed by atoms with E-state index < -0.39 is 0 Å². The summed E-state index contributed by atoms with van der Waals surface area (Å²) in [6, 6.07) is 1.84. The van der Waals surface area contributed by atoms with Gasteiger partial charge in [0.05, 0.1) is 13.2 Å². The molecule has 0 aliphatic heterocycles. The van der Waals surface area contributed by atoms with Gasteiger partial charge in [-0.2, -0.15) is 0 Å². The van der Waals surface area contributed by atoms with Gasteiger partial charge in [-0.25, -0.2) is 0 Å². The number of hydrogen-bond acceptors (Lipinski definition) is 3. The first-order chi connectivity index (χ1) is 6.29. The predicted octanol–water partition coefficient (Wildman–Crippen LogP) is 0.643. The van der Waals surface area contributed by atoms with Gasteiger partial charge in [-0.05, 0) is 6.07 Å². The van der Waals surface area contributed by atoms with E-state index in [1.54, 1.807) is 12.4 Å². The number of aliphatic hydroxyl groups excluding tert-OH is 1. The fourth-order valence-electron chi connectivity index (χ4n) is 1.14. The van der Waals surface area contributed by atoms with Crippen molar-refractivity contribution in [3.63, 3.8) is 0 Å². The second kappa shape index (κ2) is 4.48. The Labute approximate surface area is 78.0 Å². The van der Waals surface area contributed by atoms with Crippen LogP contribution in [-0.4, -0.2) is 23.7 Å². The summed E-state index contributed by atoms with van der Waals surface area (Å²) in [6.07, 6.45) is 8.51. The molecule has 1 N–H and O–H groups in total. The van der Waals surface area contributed by atoms with Crippen molar-refractivity contribution in [1.29, 1.82) is 0 Å². The summed E-state index contributed by atoms with van der Waals surface area (Å²) in [6.45, 7) is 0.509. The second-order valence-corrected chi connectivity index (χ2v) is 2.72. The lowest BCUT2D eigenvalue weighted by molar-refractivity contribution is 0.281. The van der Waals surface area contributed by atoms with Crippen LogP contribution in [0.4, 0.5) is 5.69 Å². The molecule has 68 valence electrons. The molecule has 0 bridgehead atoms. The molecule has 0 unspecified atom stereocenters. The summed E-state index contributed by atoms with van der Waals surface area (Å²) in [5.41, 5.74) is 1.72. The molecule has 1 aromatic rings. The van der Waals surface area contributed by atoms with Gasteiger partial charge in [-0.15, -0.1) is 6.42 Å². The smallest absolute Gasteiger partial charge is 0.0788 e. The molecule has 1 rings (SSSR count). The maximum absolute atomic E-state index is 9.02. The summed E-state index contributed by atoms with van der Waals surface area (Å²) in [5.74, 6) is 2.54. The molecule has 0 radical (unpaired) electrons. The number of rotatable bonds is 3. The number of pyridine rings is 1. The summed E-state index contributed by atoms with van der Waals surface area (Å²) in [4.78, 5) is 5.82. The lowest BCUT2D eigenvalue weighted by Gasteiger charge is -2.18. The van der Waals surface area contributed by atoms with Gasteiger partial charge in [0, 0.05) is 30.7 Å². The molecular formula is C10H12N2O. The largest absolute Gasteiger partial charge is 0.392 e. The predicted molar refractivity (Wildman–Crippen MR) is 52.3 cm³/mol. The van der Waals surface area contributed by atoms with Crippen molar-refractivity contribution in [3.8, 4) is 12.3 Å². The van der Waals surface area contributed by atoms with Gasteiger partial charge in [0.15, 0.2) is 0 Å². The van der Waals surface area contributed by atoms with Crippen LogP contribution in [0.2, 0.25) is 0 Å². The van der Waals surface area contributed by atoms with Gasteiger partial charge in [0.1, 0.15) is 0 Å². The van der Waals surface area contributed by atoms with E-state index in [1.165, 1.54) is 0 Å². The number of nitrogens with zero attached hydrogens (tertiary/aromatic N) is 2. The summed E-state index contributed by atoms with van der Waals surface area (Å²) >= 11 is 0. The molecule has 0 saturated heterocycles. The Hall–Kier alpha value is -1.53. The van der Waals surface area contributed by atoms with Crippen LogP contribution >= 0.6 is 0 Å². The highest BCUT2D eigenvalue weighted by molar-refractivity contribution is 5.52. The Morgan fingerprint density at radius 2 is 2.46 bits per heavy atom. The van der Waals surface area contributed by atoms with Crippen molar-refractivity contribution in [2.24, 2.45) is 0 Å². The van der Waals surface area contributed by atoms with Crippen molar-refractivity contribution in [3.05, 3.63) is 24.0 Å². The number of aliphatic hydroxyl groups is 1. The van der Waals surface area contributed by atoms with Gasteiger partial charge < -0.3 is 10.0 Å². The van der Waals surface area contributed by atoms with E-state index in [9.17, 15) is 0 Å². The van der Waals surface area contributed by atoms with E-state index in [4.69, 9.17) is 11.5 Å². The van der Waals surface area contributed by atoms with Crippen molar-refractivity contribution in [1.82, 2.24) is 4.98 Å². The molecule has 0 amide bonds. The molecule has 13 heavy (non-hydrogen) atoms. The molecule has 0 saturated carbocycles. The Morgan fingerprint density at radius 3 is 3.08 bits per heavy atom. The molecule has 0 atom stereocenters. The number of aromatic nitrogens is 1. The third kappa shape index (κ3) is 2.20. The maximum Gasteiger partial charge on any atom is 0.0788 e. The molecular weight excluding hydrogens is 164 g/mol. The number of terminal acetylenes is 1. The van der Waals surface area contributed by atoms with Crippen LogP contribution < -0.4 is 4.90 Å². The third-order valence-corrected chi connectivity index (χ3v) is 1.79.